The number of aryl methyl sites for hydroxylation is 1. The summed E-state index contributed by atoms with van der Waals surface area (Å²) in [4.78, 5) is 0. The van der Waals surface area contributed by atoms with Gasteiger partial charge in [-0.2, -0.15) is 0 Å². The topological polar surface area (TPSA) is 29.5 Å². The zero-order valence-corrected chi connectivity index (χ0v) is 15.1. The van der Waals surface area contributed by atoms with Gasteiger partial charge in [-0.25, -0.2) is 4.39 Å². The minimum absolute atomic E-state index is 0.145. The summed E-state index contributed by atoms with van der Waals surface area (Å²) in [5, 5.41) is 8.63. The molecule has 0 aliphatic heterocycles. The summed E-state index contributed by atoms with van der Waals surface area (Å²) >= 11 is 0. The molecule has 1 rings (SSSR count). The van der Waals surface area contributed by atoms with E-state index in [1.165, 1.54) is 63.4 Å². The van der Waals surface area contributed by atoms with E-state index in [4.69, 9.17) is 9.84 Å². The maximum absolute atomic E-state index is 12.8. The van der Waals surface area contributed by atoms with Crippen LogP contribution < -0.4 is 0 Å². The highest BCUT2D eigenvalue weighted by Crippen LogP contribution is 2.13. The SMILES string of the molecule is OCCCOCCCCCCCCCCCCc1ccc(F)cc1. The second-order valence-electron chi connectivity index (χ2n) is 6.60. The Labute approximate surface area is 147 Å². The van der Waals surface area contributed by atoms with Gasteiger partial charge in [-0.1, -0.05) is 63.5 Å². The van der Waals surface area contributed by atoms with Gasteiger partial charge in [-0.05, 0) is 43.4 Å². The molecular formula is C21H35FO2. The molecule has 24 heavy (non-hydrogen) atoms. The van der Waals surface area contributed by atoms with E-state index in [0.717, 1.165) is 25.9 Å². The van der Waals surface area contributed by atoms with Crippen LogP contribution in [-0.2, 0) is 11.2 Å². The molecule has 1 N–H and O–H groups in total. The van der Waals surface area contributed by atoms with Gasteiger partial charge in [0.05, 0.1) is 0 Å². The quantitative estimate of drug-likeness (QED) is 0.394. The maximum atomic E-state index is 12.8. The second-order valence-corrected chi connectivity index (χ2v) is 6.60. The number of hydrogen-bond acceptors (Lipinski definition) is 2. The van der Waals surface area contributed by atoms with Crippen molar-refractivity contribution < 1.29 is 14.2 Å². The van der Waals surface area contributed by atoms with E-state index >= 15 is 0 Å². The van der Waals surface area contributed by atoms with Crippen LogP contribution in [-0.4, -0.2) is 24.9 Å². The number of aliphatic hydroxyl groups is 1. The lowest BCUT2D eigenvalue weighted by atomic mass is 10.0. The Bertz CT molecular complexity index is 378. The number of aliphatic hydroxyl groups excluding tert-OH is 1. The largest absolute Gasteiger partial charge is 0.396 e. The number of rotatable bonds is 16. The third-order valence-electron chi connectivity index (χ3n) is 4.36. The number of hydrogen-bond donors (Lipinski definition) is 1. The third-order valence-corrected chi connectivity index (χ3v) is 4.36. The van der Waals surface area contributed by atoms with E-state index in [9.17, 15) is 4.39 Å². The molecule has 1 aromatic carbocycles. The highest BCUT2D eigenvalue weighted by Gasteiger charge is 1.96. The van der Waals surface area contributed by atoms with Crippen LogP contribution in [0.15, 0.2) is 24.3 Å². The standard InChI is InChI=1S/C21H35FO2/c22-21-15-13-20(14-16-21)12-9-7-5-3-1-2-4-6-8-10-18-24-19-11-17-23/h13-16,23H,1-12,17-19H2. The number of benzene rings is 1. The van der Waals surface area contributed by atoms with Gasteiger partial charge in [0.2, 0.25) is 0 Å². The first-order chi connectivity index (χ1) is 11.8. The van der Waals surface area contributed by atoms with Crippen molar-refractivity contribution >= 4 is 0 Å². The predicted molar refractivity (Wildman–Crippen MR) is 98.8 cm³/mol. The Morgan fingerprint density at radius 2 is 1.17 bits per heavy atom. The molecule has 138 valence electrons. The van der Waals surface area contributed by atoms with E-state index < -0.39 is 0 Å². The number of halogens is 1. The Morgan fingerprint density at radius 1 is 0.667 bits per heavy atom. The van der Waals surface area contributed by atoms with E-state index in [2.05, 4.69) is 0 Å². The molecule has 0 atom stereocenters. The van der Waals surface area contributed by atoms with Crippen LogP contribution in [0, 0.1) is 5.82 Å². The van der Waals surface area contributed by atoms with Crippen molar-refractivity contribution in [2.75, 3.05) is 19.8 Å². The Balaban J connectivity index is 1.75. The van der Waals surface area contributed by atoms with Crippen LogP contribution in [0.3, 0.4) is 0 Å². The minimum atomic E-state index is -0.145. The van der Waals surface area contributed by atoms with Crippen LogP contribution in [0.1, 0.15) is 76.2 Å². The molecule has 0 bridgehead atoms. The molecule has 0 spiro atoms. The Kier molecular flexibility index (Phi) is 13.7. The fourth-order valence-corrected chi connectivity index (χ4v) is 2.87. The molecule has 0 aliphatic rings. The van der Waals surface area contributed by atoms with Gasteiger partial charge in [-0.15, -0.1) is 0 Å². The third kappa shape index (κ3) is 12.5. The molecule has 1 aromatic rings. The zero-order chi connectivity index (χ0) is 17.3. The molecule has 3 heteroatoms. The van der Waals surface area contributed by atoms with E-state index in [1.54, 1.807) is 12.1 Å². The summed E-state index contributed by atoms with van der Waals surface area (Å²) < 4.78 is 18.2. The monoisotopic (exact) mass is 338 g/mol. The van der Waals surface area contributed by atoms with Gasteiger partial charge in [0.15, 0.2) is 0 Å². The van der Waals surface area contributed by atoms with Crippen molar-refractivity contribution in [1.82, 2.24) is 0 Å². The molecule has 0 radical (unpaired) electrons. The van der Waals surface area contributed by atoms with Crippen molar-refractivity contribution in [2.24, 2.45) is 0 Å². The van der Waals surface area contributed by atoms with E-state index in [1.807, 2.05) is 12.1 Å². The second kappa shape index (κ2) is 15.6. The van der Waals surface area contributed by atoms with Crippen LogP contribution in [0.4, 0.5) is 4.39 Å². The zero-order valence-electron chi connectivity index (χ0n) is 15.1. The van der Waals surface area contributed by atoms with Gasteiger partial charge < -0.3 is 9.84 Å². The highest BCUT2D eigenvalue weighted by molar-refractivity contribution is 5.15. The predicted octanol–water partition coefficient (Wildman–Crippen LogP) is 5.67. The summed E-state index contributed by atoms with van der Waals surface area (Å²) in [5.74, 6) is -0.145. The normalized spacial score (nSPS) is 11.1. The van der Waals surface area contributed by atoms with Crippen molar-refractivity contribution in [3.63, 3.8) is 0 Å². The highest BCUT2D eigenvalue weighted by atomic mass is 19.1. The summed E-state index contributed by atoms with van der Waals surface area (Å²) in [6, 6.07) is 6.90. The van der Waals surface area contributed by atoms with Gasteiger partial charge in [0, 0.05) is 19.8 Å². The lowest BCUT2D eigenvalue weighted by molar-refractivity contribution is 0.112. The first-order valence-electron chi connectivity index (χ1n) is 9.76. The maximum Gasteiger partial charge on any atom is 0.123 e. The molecule has 0 aliphatic carbocycles. The summed E-state index contributed by atoms with van der Waals surface area (Å²) in [5.41, 5.74) is 1.25. The van der Waals surface area contributed by atoms with Gasteiger partial charge >= 0.3 is 0 Å². The number of unbranched alkanes of at least 4 members (excludes halogenated alkanes) is 9. The van der Waals surface area contributed by atoms with Gasteiger partial charge in [0.25, 0.3) is 0 Å². The van der Waals surface area contributed by atoms with Crippen molar-refractivity contribution in [3.8, 4) is 0 Å². The molecular weight excluding hydrogens is 303 g/mol. The molecule has 0 amide bonds. The van der Waals surface area contributed by atoms with Crippen LogP contribution in [0.2, 0.25) is 0 Å². The fraction of sp³-hybridized carbons (Fsp3) is 0.714. The minimum Gasteiger partial charge on any atom is -0.396 e. The lowest BCUT2D eigenvalue weighted by Gasteiger charge is -2.04. The van der Waals surface area contributed by atoms with Crippen molar-refractivity contribution in [1.29, 1.82) is 0 Å². The molecule has 0 unspecified atom stereocenters. The molecule has 0 saturated heterocycles. The average Bonchev–Trinajstić information content (AvgIpc) is 2.60. The van der Waals surface area contributed by atoms with E-state index in [-0.39, 0.29) is 12.4 Å². The summed E-state index contributed by atoms with van der Waals surface area (Å²) in [6.07, 6.45) is 14.7. The van der Waals surface area contributed by atoms with Crippen LogP contribution in [0.25, 0.3) is 0 Å². The first kappa shape index (κ1) is 21.1. The van der Waals surface area contributed by atoms with Crippen LogP contribution >= 0.6 is 0 Å². The Morgan fingerprint density at radius 3 is 1.75 bits per heavy atom. The van der Waals surface area contributed by atoms with Crippen LogP contribution in [0.5, 0.6) is 0 Å². The fourth-order valence-electron chi connectivity index (χ4n) is 2.87. The van der Waals surface area contributed by atoms with Crippen molar-refractivity contribution in [2.45, 2.75) is 77.0 Å². The summed E-state index contributed by atoms with van der Waals surface area (Å²) in [7, 11) is 0. The molecule has 0 saturated carbocycles. The molecule has 2 nitrogen and oxygen atoms in total. The van der Waals surface area contributed by atoms with Gasteiger partial charge in [-0.3, -0.25) is 0 Å². The first-order valence-corrected chi connectivity index (χ1v) is 9.76. The summed E-state index contributed by atoms with van der Waals surface area (Å²) in [6.45, 7) is 1.76. The van der Waals surface area contributed by atoms with Crippen molar-refractivity contribution in [3.05, 3.63) is 35.6 Å². The average molecular weight is 339 g/mol. The smallest absolute Gasteiger partial charge is 0.123 e. The molecule has 0 heterocycles. The number of ether oxygens (including phenoxy) is 1. The molecule has 0 fully saturated rings. The molecule has 0 aromatic heterocycles. The lowest BCUT2D eigenvalue weighted by Crippen LogP contribution is -1.98. The Hall–Kier alpha value is -0.930. The van der Waals surface area contributed by atoms with Gasteiger partial charge in [0.1, 0.15) is 5.82 Å². The van der Waals surface area contributed by atoms with E-state index in [0.29, 0.717) is 6.61 Å².